The molecule has 0 unspecified atom stereocenters. The number of nitrogens with zero attached hydrogens (tertiary/aromatic N) is 5. The van der Waals surface area contributed by atoms with Crippen LogP contribution < -0.4 is 15.0 Å². The van der Waals surface area contributed by atoms with Gasteiger partial charge in [0.15, 0.2) is 0 Å². The van der Waals surface area contributed by atoms with Crippen molar-refractivity contribution in [3.63, 3.8) is 0 Å². The van der Waals surface area contributed by atoms with Crippen LogP contribution in [0.4, 0.5) is 22.0 Å². The Balaban J connectivity index is 1.27. The van der Waals surface area contributed by atoms with Gasteiger partial charge in [0.25, 0.3) is 0 Å². The zero-order chi connectivity index (χ0) is 25.4. The Morgan fingerprint density at radius 1 is 1.22 bits per heavy atom. The summed E-state index contributed by atoms with van der Waals surface area (Å²) in [7, 11) is 0. The molecular formula is C26H31FN6O3. The minimum atomic E-state index is -1.37. The smallest absolute Gasteiger partial charge is 0.227 e. The molecule has 5 rings (SSSR count). The lowest BCUT2D eigenvalue weighted by atomic mass is 9.80. The van der Waals surface area contributed by atoms with E-state index in [0.29, 0.717) is 36.7 Å². The second-order valence-corrected chi connectivity index (χ2v) is 10.3. The fourth-order valence-corrected chi connectivity index (χ4v) is 4.78. The number of halogens is 1. The lowest BCUT2D eigenvalue weighted by Gasteiger charge is -2.43. The van der Waals surface area contributed by atoms with Gasteiger partial charge in [-0.05, 0) is 23.6 Å². The highest BCUT2D eigenvalue weighted by Gasteiger charge is 2.42. The summed E-state index contributed by atoms with van der Waals surface area (Å²) in [6.45, 7) is 7.76. The van der Waals surface area contributed by atoms with Crippen LogP contribution in [-0.2, 0) is 4.79 Å². The summed E-state index contributed by atoms with van der Waals surface area (Å²) in [5.41, 5.74) is -0.615. The first-order valence-electron chi connectivity index (χ1n) is 12.1. The first-order valence-corrected chi connectivity index (χ1v) is 12.1. The van der Waals surface area contributed by atoms with Crippen molar-refractivity contribution >= 4 is 34.3 Å². The number of piperidine rings is 1. The summed E-state index contributed by atoms with van der Waals surface area (Å²) in [6, 6.07) is 9.50. The third-order valence-corrected chi connectivity index (χ3v) is 6.92. The van der Waals surface area contributed by atoms with Gasteiger partial charge in [-0.2, -0.15) is 4.98 Å². The number of fused-ring (bicyclic) bond motifs is 1. The molecule has 0 bridgehead atoms. The molecule has 0 aliphatic carbocycles. The predicted molar refractivity (Wildman–Crippen MR) is 135 cm³/mol. The van der Waals surface area contributed by atoms with Crippen molar-refractivity contribution in [2.75, 3.05) is 43.0 Å². The minimum Gasteiger partial charge on any atom is -0.492 e. The number of carbonyl (C=O) groups excluding carboxylic acids is 1. The van der Waals surface area contributed by atoms with Crippen LogP contribution in [0, 0.1) is 11.3 Å². The quantitative estimate of drug-likeness (QED) is 0.539. The van der Waals surface area contributed by atoms with Gasteiger partial charge in [0, 0.05) is 55.7 Å². The molecule has 2 aromatic heterocycles. The second kappa shape index (κ2) is 9.50. The Morgan fingerprint density at radius 2 is 2.03 bits per heavy atom. The van der Waals surface area contributed by atoms with Crippen LogP contribution in [0.15, 0.2) is 42.7 Å². The number of nitrogens with one attached hydrogen (secondary N) is 1. The van der Waals surface area contributed by atoms with Crippen LogP contribution >= 0.6 is 0 Å². The van der Waals surface area contributed by atoms with Gasteiger partial charge in [-0.15, -0.1) is 0 Å². The number of likely N-dealkylation sites (tertiary alicyclic amines) is 1. The highest BCUT2D eigenvalue weighted by molar-refractivity contribution is 5.89. The van der Waals surface area contributed by atoms with Crippen LogP contribution in [0.2, 0.25) is 0 Å². The number of aliphatic hydroxyl groups is 1. The number of anilines is 3. The number of rotatable bonds is 6. The number of ether oxygens (including phenoxy) is 1. The molecule has 2 saturated heterocycles. The van der Waals surface area contributed by atoms with Gasteiger partial charge in [0.1, 0.15) is 23.6 Å². The largest absolute Gasteiger partial charge is 0.492 e. The maximum atomic E-state index is 14.4. The van der Waals surface area contributed by atoms with E-state index in [0.717, 1.165) is 29.6 Å². The number of alkyl halides is 1. The molecule has 0 saturated carbocycles. The van der Waals surface area contributed by atoms with Gasteiger partial charge >= 0.3 is 0 Å². The molecule has 4 heterocycles. The zero-order valence-corrected chi connectivity index (χ0v) is 20.7. The molecule has 10 heteroatoms. The molecule has 1 amide bonds. The topological polar surface area (TPSA) is 104 Å². The van der Waals surface area contributed by atoms with Gasteiger partial charge in [-0.3, -0.25) is 4.79 Å². The molecule has 36 heavy (non-hydrogen) atoms. The SMILES string of the molecule is CC(=O)N1CC(COc2cccc3cc(Nc4ccnc(N5C[C@H](F)[C@H](O)C(C)(C)C5)n4)ncc23)C1. The van der Waals surface area contributed by atoms with Gasteiger partial charge < -0.3 is 25.0 Å². The van der Waals surface area contributed by atoms with Crippen molar-refractivity contribution in [3.05, 3.63) is 42.7 Å². The van der Waals surface area contributed by atoms with Crippen molar-refractivity contribution in [2.45, 2.75) is 33.0 Å². The van der Waals surface area contributed by atoms with Crippen molar-refractivity contribution in [2.24, 2.45) is 11.3 Å². The van der Waals surface area contributed by atoms with Gasteiger partial charge in [0.2, 0.25) is 11.9 Å². The molecule has 190 valence electrons. The zero-order valence-electron chi connectivity index (χ0n) is 20.7. The molecule has 2 fully saturated rings. The third-order valence-electron chi connectivity index (χ3n) is 6.92. The van der Waals surface area contributed by atoms with E-state index >= 15 is 0 Å². The lowest BCUT2D eigenvalue weighted by Crippen LogP contribution is -2.55. The summed E-state index contributed by atoms with van der Waals surface area (Å²) in [5, 5.41) is 15.2. The monoisotopic (exact) mass is 494 g/mol. The minimum absolute atomic E-state index is 0.0404. The molecule has 2 aliphatic rings. The first kappa shape index (κ1) is 24.2. The number of aromatic nitrogens is 3. The molecular weight excluding hydrogens is 463 g/mol. The van der Waals surface area contributed by atoms with Crippen LogP contribution in [0.3, 0.4) is 0 Å². The van der Waals surface area contributed by atoms with E-state index in [2.05, 4.69) is 20.3 Å². The summed E-state index contributed by atoms with van der Waals surface area (Å²) < 4.78 is 20.5. The number of hydrogen-bond acceptors (Lipinski definition) is 8. The van der Waals surface area contributed by atoms with E-state index in [1.165, 1.54) is 0 Å². The maximum absolute atomic E-state index is 14.4. The van der Waals surface area contributed by atoms with Crippen LogP contribution in [0.25, 0.3) is 10.8 Å². The van der Waals surface area contributed by atoms with E-state index in [4.69, 9.17) is 4.74 Å². The van der Waals surface area contributed by atoms with Crippen LogP contribution in [-0.4, -0.2) is 75.9 Å². The number of aliphatic hydroxyl groups excluding tert-OH is 1. The fraction of sp³-hybridized carbons (Fsp3) is 0.462. The first-order chi connectivity index (χ1) is 17.2. The van der Waals surface area contributed by atoms with Crippen molar-refractivity contribution < 1.29 is 19.0 Å². The Kier molecular flexibility index (Phi) is 6.38. The van der Waals surface area contributed by atoms with Crippen LogP contribution in [0.5, 0.6) is 5.75 Å². The van der Waals surface area contributed by atoms with E-state index < -0.39 is 17.7 Å². The standard InChI is InChI=1S/C26H31FN6O3/c1-16(34)32-11-17(12-32)14-36-21-6-4-5-18-9-23(29-10-19(18)21)30-22-7-8-28-25(31-22)33-13-20(27)24(35)26(2,3)15-33/h4-10,17,20,24,35H,11-15H2,1-3H3,(H,28,29,30,31)/t20-,24-/m0/s1. The number of benzene rings is 1. The van der Waals surface area contributed by atoms with E-state index in [-0.39, 0.29) is 12.5 Å². The van der Waals surface area contributed by atoms with Crippen molar-refractivity contribution in [1.29, 1.82) is 0 Å². The molecule has 1 aromatic carbocycles. The van der Waals surface area contributed by atoms with E-state index in [9.17, 15) is 14.3 Å². The Morgan fingerprint density at radius 3 is 2.78 bits per heavy atom. The summed E-state index contributed by atoms with van der Waals surface area (Å²) in [6.07, 6.45) is 0.996. The van der Waals surface area contributed by atoms with E-state index in [1.54, 1.807) is 35.2 Å². The normalized spacial score (nSPS) is 21.8. The number of hydrogen-bond donors (Lipinski definition) is 2. The third kappa shape index (κ3) is 4.90. The Labute approximate surface area is 209 Å². The summed E-state index contributed by atoms with van der Waals surface area (Å²) in [4.78, 5) is 28.4. The fourth-order valence-electron chi connectivity index (χ4n) is 4.78. The lowest BCUT2D eigenvalue weighted by molar-refractivity contribution is -0.135. The van der Waals surface area contributed by atoms with E-state index in [1.807, 2.05) is 38.1 Å². The van der Waals surface area contributed by atoms with Crippen LogP contribution in [0.1, 0.15) is 20.8 Å². The summed E-state index contributed by atoms with van der Waals surface area (Å²) in [5.74, 6) is 2.75. The van der Waals surface area contributed by atoms with Crippen molar-refractivity contribution in [1.82, 2.24) is 19.9 Å². The average Bonchev–Trinajstić information content (AvgIpc) is 2.81. The Bertz CT molecular complexity index is 1270. The maximum Gasteiger partial charge on any atom is 0.227 e. The average molecular weight is 495 g/mol. The molecule has 2 N–H and O–H groups in total. The highest BCUT2D eigenvalue weighted by Crippen LogP contribution is 2.33. The molecule has 2 aliphatic heterocycles. The number of amides is 1. The molecule has 9 nitrogen and oxygen atoms in total. The highest BCUT2D eigenvalue weighted by atomic mass is 19.1. The summed E-state index contributed by atoms with van der Waals surface area (Å²) >= 11 is 0. The Hall–Kier alpha value is -3.53. The second-order valence-electron chi connectivity index (χ2n) is 10.3. The molecule has 0 radical (unpaired) electrons. The molecule has 0 spiro atoms. The van der Waals surface area contributed by atoms with Gasteiger partial charge in [-0.25, -0.2) is 14.4 Å². The van der Waals surface area contributed by atoms with Gasteiger partial charge in [-0.1, -0.05) is 26.0 Å². The molecule has 3 aromatic rings. The predicted octanol–water partition coefficient (Wildman–Crippen LogP) is 3.17. The van der Waals surface area contributed by atoms with Gasteiger partial charge in [0.05, 0.1) is 19.3 Å². The molecule has 2 atom stereocenters. The number of carbonyl (C=O) groups is 1. The van der Waals surface area contributed by atoms with Crippen molar-refractivity contribution in [3.8, 4) is 5.75 Å². The number of pyridine rings is 1.